The minimum absolute atomic E-state index is 0.00681. The lowest BCUT2D eigenvalue weighted by Gasteiger charge is -2.27. The van der Waals surface area contributed by atoms with Crippen LogP contribution in [0.15, 0.2) is 36.7 Å². The summed E-state index contributed by atoms with van der Waals surface area (Å²) in [6.07, 6.45) is 6.67. The van der Waals surface area contributed by atoms with Crippen LogP contribution in [0.3, 0.4) is 0 Å². The topological polar surface area (TPSA) is 110 Å². The molecule has 132 valence electrons. The van der Waals surface area contributed by atoms with E-state index < -0.39 is 4.92 Å². The van der Waals surface area contributed by atoms with Gasteiger partial charge in [-0.2, -0.15) is 5.10 Å². The summed E-state index contributed by atoms with van der Waals surface area (Å²) in [5, 5.41) is 27.0. The average Bonchev–Trinajstić information content (AvgIpc) is 3.13. The number of amides is 1. The van der Waals surface area contributed by atoms with Crippen molar-refractivity contribution in [1.82, 2.24) is 15.1 Å². The van der Waals surface area contributed by atoms with Gasteiger partial charge in [-0.3, -0.25) is 14.9 Å². The maximum Gasteiger partial charge on any atom is 0.269 e. The van der Waals surface area contributed by atoms with E-state index in [9.17, 15) is 14.9 Å². The molecule has 8 heteroatoms. The normalized spacial score (nSPS) is 20.2. The molecule has 1 aliphatic rings. The van der Waals surface area contributed by atoms with Crippen LogP contribution in [0.4, 0.5) is 5.69 Å². The SMILES string of the molecule is O=C(NC1CCC(CO)CC1)c1cnn(-c2ccc([N+](=O)[O-])cc2)c1. The Hall–Kier alpha value is -2.74. The van der Waals surface area contributed by atoms with Gasteiger partial charge in [0, 0.05) is 31.0 Å². The number of hydrogen-bond acceptors (Lipinski definition) is 5. The Balaban J connectivity index is 1.62. The molecule has 0 spiro atoms. The molecule has 1 heterocycles. The maximum absolute atomic E-state index is 12.3. The third-order valence-corrected chi connectivity index (χ3v) is 4.61. The van der Waals surface area contributed by atoms with E-state index in [0.717, 1.165) is 25.7 Å². The fraction of sp³-hybridized carbons (Fsp3) is 0.412. The number of carbonyl (C=O) groups excluding carboxylic acids is 1. The number of aliphatic hydroxyl groups excluding tert-OH is 1. The lowest BCUT2D eigenvalue weighted by Crippen LogP contribution is -2.37. The molecule has 3 rings (SSSR count). The third kappa shape index (κ3) is 4.03. The van der Waals surface area contributed by atoms with Crippen LogP contribution in [0.2, 0.25) is 0 Å². The fourth-order valence-corrected chi connectivity index (χ4v) is 3.07. The lowest BCUT2D eigenvalue weighted by atomic mass is 9.86. The molecule has 2 N–H and O–H groups in total. The van der Waals surface area contributed by atoms with E-state index in [-0.39, 0.29) is 24.2 Å². The minimum atomic E-state index is -0.461. The summed E-state index contributed by atoms with van der Waals surface area (Å²) in [6, 6.07) is 6.09. The quantitative estimate of drug-likeness (QED) is 0.637. The minimum Gasteiger partial charge on any atom is -0.396 e. The Morgan fingerprint density at radius 1 is 1.28 bits per heavy atom. The first-order chi connectivity index (χ1) is 12.1. The summed E-state index contributed by atoms with van der Waals surface area (Å²) in [6.45, 7) is 0.211. The molecule has 1 aliphatic carbocycles. The highest BCUT2D eigenvalue weighted by molar-refractivity contribution is 5.94. The smallest absolute Gasteiger partial charge is 0.269 e. The molecular weight excluding hydrogens is 324 g/mol. The number of nitro groups is 1. The Morgan fingerprint density at radius 2 is 1.96 bits per heavy atom. The number of nitrogens with one attached hydrogen (secondary N) is 1. The predicted molar refractivity (Wildman–Crippen MR) is 90.5 cm³/mol. The highest BCUT2D eigenvalue weighted by Crippen LogP contribution is 2.24. The number of non-ortho nitro benzene ring substituents is 1. The van der Waals surface area contributed by atoms with Crippen molar-refractivity contribution in [2.45, 2.75) is 31.7 Å². The molecule has 2 aromatic rings. The molecule has 0 unspecified atom stereocenters. The molecule has 0 bridgehead atoms. The Kier molecular flexibility index (Phi) is 5.08. The summed E-state index contributed by atoms with van der Waals surface area (Å²) in [7, 11) is 0. The van der Waals surface area contributed by atoms with Gasteiger partial charge >= 0.3 is 0 Å². The largest absolute Gasteiger partial charge is 0.396 e. The van der Waals surface area contributed by atoms with E-state index >= 15 is 0 Å². The summed E-state index contributed by atoms with van der Waals surface area (Å²) < 4.78 is 1.52. The zero-order chi connectivity index (χ0) is 17.8. The van der Waals surface area contributed by atoms with Gasteiger partial charge in [0.1, 0.15) is 0 Å². The molecule has 25 heavy (non-hydrogen) atoms. The number of aromatic nitrogens is 2. The van der Waals surface area contributed by atoms with Crippen LogP contribution in [0.1, 0.15) is 36.0 Å². The van der Waals surface area contributed by atoms with Gasteiger partial charge in [-0.1, -0.05) is 0 Å². The average molecular weight is 344 g/mol. The van der Waals surface area contributed by atoms with Gasteiger partial charge in [0.25, 0.3) is 11.6 Å². The maximum atomic E-state index is 12.3. The molecule has 0 atom stereocenters. The van der Waals surface area contributed by atoms with Gasteiger partial charge in [0.05, 0.1) is 22.4 Å². The van der Waals surface area contributed by atoms with Crippen molar-refractivity contribution >= 4 is 11.6 Å². The van der Waals surface area contributed by atoms with E-state index in [1.807, 2.05) is 0 Å². The van der Waals surface area contributed by atoms with Gasteiger partial charge in [0.15, 0.2) is 0 Å². The van der Waals surface area contributed by atoms with E-state index in [1.54, 1.807) is 18.3 Å². The Bertz CT molecular complexity index is 748. The zero-order valence-corrected chi connectivity index (χ0v) is 13.7. The second-order valence-corrected chi connectivity index (χ2v) is 6.32. The molecule has 1 fully saturated rings. The van der Waals surface area contributed by atoms with Crippen molar-refractivity contribution in [1.29, 1.82) is 0 Å². The predicted octanol–water partition coefficient (Wildman–Crippen LogP) is 2.06. The van der Waals surface area contributed by atoms with Gasteiger partial charge in [-0.25, -0.2) is 4.68 Å². The molecule has 1 amide bonds. The zero-order valence-electron chi connectivity index (χ0n) is 13.7. The second kappa shape index (κ2) is 7.43. The van der Waals surface area contributed by atoms with Crippen LogP contribution in [-0.4, -0.2) is 38.4 Å². The molecule has 8 nitrogen and oxygen atoms in total. The second-order valence-electron chi connectivity index (χ2n) is 6.32. The van der Waals surface area contributed by atoms with Crippen LogP contribution < -0.4 is 5.32 Å². The first-order valence-electron chi connectivity index (χ1n) is 8.28. The van der Waals surface area contributed by atoms with Crippen molar-refractivity contribution in [3.05, 3.63) is 52.3 Å². The Labute approximate surface area is 144 Å². The van der Waals surface area contributed by atoms with Crippen molar-refractivity contribution in [2.75, 3.05) is 6.61 Å². The first kappa shape index (κ1) is 17.1. The summed E-state index contributed by atoms with van der Waals surface area (Å²) in [5.41, 5.74) is 1.10. The number of aliphatic hydroxyl groups is 1. The van der Waals surface area contributed by atoms with Crippen LogP contribution >= 0.6 is 0 Å². The van der Waals surface area contributed by atoms with E-state index in [2.05, 4.69) is 10.4 Å². The molecule has 0 saturated heterocycles. The number of rotatable bonds is 5. The van der Waals surface area contributed by atoms with Crippen molar-refractivity contribution < 1.29 is 14.8 Å². The summed E-state index contributed by atoms with van der Waals surface area (Å²) >= 11 is 0. The Morgan fingerprint density at radius 3 is 2.56 bits per heavy atom. The van der Waals surface area contributed by atoms with Gasteiger partial charge < -0.3 is 10.4 Å². The lowest BCUT2D eigenvalue weighted by molar-refractivity contribution is -0.384. The first-order valence-corrected chi connectivity index (χ1v) is 8.28. The third-order valence-electron chi connectivity index (χ3n) is 4.61. The van der Waals surface area contributed by atoms with Gasteiger partial charge in [-0.15, -0.1) is 0 Å². The number of benzene rings is 1. The van der Waals surface area contributed by atoms with Crippen LogP contribution in [0.5, 0.6) is 0 Å². The van der Waals surface area contributed by atoms with Crippen LogP contribution in [-0.2, 0) is 0 Å². The number of carbonyl (C=O) groups is 1. The molecule has 0 radical (unpaired) electrons. The van der Waals surface area contributed by atoms with Crippen LogP contribution in [0, 0.1) is 16.0 Å². The van der Waals surface area contributed by atoms with Crippen LogP contribution in [0.25, 0.3) is 5.69 Å². The standard InChI is InChI=1S/C17H20N4O4/c22-11-12-1-3-14(4-2-12)19-17(23)13-9-18-20(10-13)15-5-7-16(8-6-15)21(24)25/h5-10,12,14,22H,1-4,11H2,(H,19,23). The highest BCUT2D eigenvalue weighted by Gasteiger charge is 2.22. The highest BCUT2D eigenvalue weighted by atomic mass is 16.6. The van der Waals surface area contributed by atoms with Crippen molar-refractivity contribution in [3.63, 3.8) is 0 Å². The van der Waals surface area contributed by atoms with Crippen molar-refractivity contribution in [2.24, 2.45) is 5.92 Å². The number of hydrogen-bond donors (Lipinski definition) is 2. The van der Waals surface area contributed by atoms with E-state index in [4.69, 9.17) is 5.11 Å². The van der Waals surface area contributed by atoms with Crippen molar-refractivity contribution in [3.8, 4) is 5.69 Å². The molecule has 1 aromatic heterocycles. The van der Waals surface area contributed by atoms with Gasteiger partial charge in [0.2, 0.25) is 0 Å². The molecule has 0 aliphatic heterocycles. The summed E-state index contributed by atoms with van der Waals surface area (Å²) in [5.74, 6) is 0.165. The van der Waals surface area contributed by atoms with E-state index in [1.165, 1.54) is 23.0 Å². The molecule has 1 saturated carbocycles. The number of nitro benzene ring substituents is 1. The van der Waals surface area contributed by atoms with E-state index in [0.29, 0.717) is 17.2 Å². The molecular formula is C17H20N4O4. The van der Waals surface area contributed by atoms with Gasteiger partial charge in [-0.05, 0) is 43.7 Å². The monoisotopic (exact) mass is 344 g/mol. The fourth-order valence-electron chi connectivity index (χ4n) is 3.07. The summed E-state index contributed by atoms with van der Waals surface area (Å²) in [4.78, 5) is 22.6. The number of nitrogens with zero attached hydrogens (tertiary/aromatic N) is 3. The molecule has 1 aromatic carbocycles.